The molecular formula is C19H16O9. The number of cyclic esters (lactones) is 1. The molecule has 0 bridgehead atoms. The second-order valence-corrected chi connectivity index (χ2v) is 6.41. The van der Waals surface area contributed by atoms with Gasteiger partial charge in [-0.3, -0.25) is 0 Å². The Morgan fingerprint density at radius 2 is 1.79 bits per heavy atom. The molecule has 1 atom stereocenters. The summed E-state index contributed by atoms with van der Waals surface area (Å²) in [7, 11) is 1.47. The first kappa shape index (κ1) is 18.1. The maximum atomic E-state index is 12.8. The van der Waals surface area contributed by atoms with Gasteiger partial charge in [0, 0.05) is 5.56 Å². The molecule has 146 valence electrons. The highest BCUT2D eigenvalue weighted by Gasteiger charge is 2.43. The van der Waals surface area contributed by atoms with Gasteiger partial charge < -0.3 is 34.3 Å². The zero-order valence-corrected chi connectivity index (χ0v) is 15.2. The molecule has 0 saturated heterocycles. The number of carbonyl (C=O) groups excluding carboxylic acids is 2. The molecule has 3 N–H and O–H groups in total. The maximum absolute atomic E-state index is 12.8. The lowest BCUT2D eigenvalue weighted by molar-refractivity contribution is -0.0555. The van der Waals surface area contributed by atoms with Gasteiger partial charge in [-0.15, -0.1) is 0 Å². The van der Waals surface area contributed by atoms with Crippen molar-refractivity contribution in [3.05, 3.63) is 39.4 Å². The number of fused-ring (bicyclic) bond motifs is 4. The normalized spacial score (nSPS) is 17.0. The van der Waals surface area contributed by atoms with E-state index in [0.717, 1.165) is 0 Å². The molecule has 0 radical (unpaired) electrons. The fourth-order valence-electron chi connectivity index (χ4n) is 3.47. The van der Waals surface area contributed by atoms with Crippen LogP contribution in [0.25, 0.3) is 0 Å². The van der Waals surface area contributed by atoms with E-state index in [2.05, 4.69) is 0 Å². The number of ether oxygens (including phenoxy) is 4. The molecule has 0 aliphatic carbocycles. The van der Waals surface area contributed by atoms with Crippen molar-refractivity contribution in [3.63, 3.8) is 0 Å². The summed E-state index contributed by atoms with van der Waals surface area (Å²) in [5.41, 5.74) is 0.339. The quantitative estimate of drug-likeness (QED) is 0.522. The third-order valence-corrected chi connectivity index (χ3v) is 4.85. The van der Waals surface area contributed by atoms with Crippen LogP contribution in [0.2, 0.25) is 0 Å². The zero-order valence-electron chi connectivity index (χ0n) is 15.2. The summed E-state index contributed by atoms with van der Waals surface area (Å²) in [6.07, 6.45) is -1.73. The zero-order chi connectivity index (χ0) is 20.3. The molecule has 0 fully saturated rings. The van der Waals surface area contributed by atoms with Gasteiger partial charge in [0.25, 0.3) is 0 Å². The first-order chi connectivity index (χ1) is 13.3. The van der Waals surface area contributed by atoms with Crippen LogP contribution in [-0.4, -0.2) is 34.4 Å². The van der Waals surface area contributed by atoms with Crippen LogP contribution < -0.4 is 14.2 Å². The third kappa shape index (κ3) is 2.26. The minimum Gasteiger partial charge on any atom is -0.507 e. The smallest absolute Gasteiger partial charge is 0.347 e. The molecule has 9 heteroatoms. The van der Waals surface area contributed by atoms with E-state index in [1.165, 1.54) is 7.11 Å². The lowest BCUT2D eigenvalue weighted by Crippen LogP contribution is -2.11. The molecule has 2 aliphatic heterocycles. The monoisotopic (exact) mass is 388 g/mol. The number of aliphatic hydroxyl groups excluding tert-OH is 2. The summed E-state index contributed by atoms with van der Waals surface area (Å²) in [6.45, 7) is 2.58. The van der Waals surface area contributed by atoms with Crippen LogP contribution in [0.4, 0.5) is 0 Å². The number of hydrogen-bond acceptors (Lipinski definition) is 9. The molecule has 0 saturated carbocycles. The molecule has 2 aliphatic rings. The first-order valence-corrected chi connectivity index (χ1v) is 8.29. The van der Waals surface area contributed by atoms with Crippen molar-refractivity contribution in [2.45, 2.75) is 26.7 Å². The van der Waals surface area contributed by atoms with Crippen LogP contribution >= 0.6 is 0 Å². The molecule has 0 aromatic heterocycles. The molecule has 2 aromatic rings. The van der Waals surface area contributed by atoms with E-state index in [1.807, 2.05) is 0 Å². The molecule has 2 heterocycles. The summed E-state index contributed by atoms with van der Waals surface area (Å²) < 4.78 is 21.4. The van der Waals surface area contributed by atoms with Crippen molar-refractivity contribution in [2.24, 2.45) is 0 Å². The Labute approximate surface area is 158 Å². The number of aromatic hydroxyl groups is 1. The Balaban J connectivity index is 2.08. The molecule has 1 unspecified atom stereocenters. The Morgan fingerprint density at radius 1 is 1.07 bits per heavy atom. The number of carbonyl (C=O) groups is 2. The predicted octanol–water partition coefficient (Wildman–Crippen LogP) is 2.00. The van der Waals surface area contributed by atoms with Crippen molar-refractivity contribution in [1.29, 1.82) is 0 Å². The molecule has 2 aromatic carbocycles. The number of methoxy groups -OCH3 is 1. The number of hydrogen-bond donors (Lipinski definition) is 3. The standard InChI is InChI=1S/C19H16O9/c1-6-4-9(25-3)7(2)14-10(6)17(22)27-15-8(5-20)13(21)11-12(16(15)26-14)19(24)28-18(11)23/h4,19-21,24H,5H2,1-3H3. The van der Waals surface area contributed by atoms with Gasteiger partial charge in [-0.25, -0.2) is 9.59 Å². The van der Waals surface area contributed by atoms with Gasteiger partial charge in [0.15, 0.2) is 11.5 Å². The summed E-state index contributed by atoms with van der Waals surface area (Å²) in [5.74, 6) is -2.34. The van der Waals surface area contributed by atoms with Crippen LogP contribution in [0.3, 0.4) is 0 Å². The second kappa shape index (κ2) is 6.11. The van der Waals surface area contributed by atoms with E-state index in [1.54, 1.807) is 19.9 Å². The van der Waals surface area contributed by atoms with Gasteiger partial charge in [-0.05, 0) is 25.5 Å². The fourth-order valence-corrected chi connectivity index (χ4v) is 3.47. The van der Waals surface area contributed by atoms with Crippen molar-refractivity contribution in [3.8, 4) is 28.7 Å². The van der Waals surface area contributed by atoms with E-state index in [9.17, 15) is 24.9 Å². The van der Waals surface area contributed by atoms with Crippen molar-refractivity contribution in [1.82, 2.24) is 0 Å². The number of benzene rings is 2. The maximum Gasteiger partial charge on any atom is 0.347 e. The molecule has 4 rings (SSSR count). The van der Waals surface area contributed by atoms with Gasteiger partial charge in [-0.2, -0.15) is 0 Å². The highest BCUT2D eigenvalue weighted by atomic mass is 16.6. The minimum atomic E-state index is -1.73. The lowest BCUT2D eigenvalue weighted by atomic mass is 10.0. The van der Waals surface area contributed by atoms with Crippen molar-refractivity contribution < 1.29 is 43.9 Å². The van der Waals surface area contributed by atoms with Crippen molar-refractivity contribution >= 4 is 11.9 Å². The second-order valence-electron chi connectivity index (χ2n) is 6.41. The number of phenols is 1. The SMILES string of the molecule is COc1cc(C)c2c(c1C)Oc1c(c(CO)c(O)c3c1C(O)OC3=O)OC2=O. The van der Waals surface area contributed by atoms with E-state index >= 15 is 0 Å². The Morgan fingerprint density at radius 3 is 2.43 bits per heavy atom. The van der Waals surface area contributed by atoms with Crippen LogP contribution in [-0.2, 0) is 11.3 Å². The highest BCUT2D eigenvalue weighted by Crippen LogP contribution is 2.54. The summed E-state index contributed by atoms with van der Waals surface area (Å²) in [5, 5.41) is 30.3. The Bertz CT molecular complexity index is 1050. The summed E-state index contributed by atoms with van der Waals surface area (Å²) >= 11 is 0. The van der Waals surface area contributed by atoms with Crippen molar-refractivity contribution in [2.75, 3.05) is 7.11 Å². The fraction of sp³-hybridized carbons (Fsp3) is 0.263. The Kier molecular flexibility index (Phi) is 3.95. The predicted molar refractivity (Wildman–Crippen MR) is 91.9 cm³/mol. The van der Waals surface area contributed by atoms with Crippen LogP contribution in [0.5, 0.6) is 28.7 Å². The van der Waals surface area contributed by atoms with Gasteiger partial charge in [0.1, 0.15) is 28.4 Å². The molecule has 9 nitrogen and oxygen atoms in total. The average Bonchev–Trinajstić information content (AvgIpc) is 2.85. The topological polar surface area (TPSA) is 132 Å². The van der Waals surface area contributed by atoms with E-state index < -0.39 is 30.6 Å². The van der Waals surface area contributed by atoms with Gasteiger partial charge in [0.05, 0.1) is 24.8 Å². The number of esters is 2. The van der Waals surface area contributed by atoms with Gasteiger partial charge in [0.2, 0.25) is 6.29 Å². The van der Waals surface area contributed by atoms with Crippen LogP contribution in [0.15, 0.2) is 6.07 Å². The Hall–Kier alpha value is -3.30. The minimum absolute atomic E-state index is 0.115. The van der Waals surface area contributed by atoms with Gasteiger partial charge in [-0.1, -0.05) is 0 Å². The molecular weight excluding hydrogens is 372 g/mol. The number of aliphatic hydroxyl groups is 2. The molecule has 28 heavy (non-hydrogen) atoms. The molecule has 0 spiro atoms. The lowest BCUT2D eigenvalue weighted by Gasteiger charge is -2.17. The first-order valence-electron chi connectivity index (χ1n) is 8.29. The largest absolute Gasteiger partial charge is 0.507 e. The highest BCUT2D eigenvalue weighted by molar-refractivity contribution is 6.02. The number of rotatable bonds is 2. The van der Waals surface area contributed by atoms with E-state index in [4.69, 9.17) is 18.9 Å². The average molecular weight is 388 g/mol. The summed E-state index contributed by atoms with van der Waals surface area (Å²) in [4.78, 5) is 24.9. The van der Waals surface area contributed by atoms with Crippen LogP contribution in [0, 0.1) is 13.8 Å². The summed E-state index contributed by atoms with van der Waals surface area (Å²) in [6, 6.07) is 1.64. The number of aryl methyl sites for hydroxylation is 1. The third-order valence-electron chi connectivity index (χ3n) is 4.85. The van der Waals surface area contributed by atoms with Gasteiger partial charge >= 0.3 is 11.9 Å². The molecule has 0 amide bonds. The van der Waals surface area contributed by atoms with E-state index in [0.29, 0.717) is 16.9 Å². The van der Waals surface area contributed by atoms with Crippen LogP contribution in [0.1, 0.15) is 49.3 Å². The van der Waals surface area contributed by atoms with E-state index in [-0.39, 0.29) is 39.5 Å².